The summed E-state index contributed by atoms with van der Waals surface area (Å²) in [5, 5.41) is 6.69. The molecule has 1 fully saturated rings. The molecule has 0 aliphatic heterocycles. The molecule has 2 atom stereocenters. The molecule has 3 rings (SSSR count). The van der Waals surface area contributed by atoms with Gasteiger partial charge in [0, 0.05) is 12.1 Å². The number of hydrogen-bond acceptors (Lipinski definition) is 5. The molecule has 2 unspecified atom stereocenters. The van der Waals surface area contributed by atoms with Crippen molar-refractivity contribution in [1.82, 2.24) is 9.97 Å². The molecule has 0 aromatic carbocycles. The van der Waals surface area contributed by atoms with Crippen LogP contribution < -0.4 is 11.1 Å². The molecule has 2 aromatic heterocycles. The fourth-order valence-electron chi connectivity index (χ4n) is 2.60. The van der Waals surface area contributed by atoms with E-state index in [2.05, 4.69) is 26.7 Å². The SMILES string of the molecule is NC1CCCCCC1Nc1ncnc2sccc12. The molecule has 5 heteroatoms. The number of nitrogens with one attached hydrogen (secondary N) is 1. The van der Waals surface area contributed by atoms with Crippen LogP contribution in [0, 0.1) is 0 Å². The van der Waals surface area contributed by atoms with E-state index in [0.717, 1.165) is 28.9 Å². The van der Waals surface area contributed by atoms with Gasteiger partial charge in [-0.3, -0.25) is 0 Å². The van der Waals surface area contributed by atoms with Crippen molar-refractivity contribution in [2.75, 3.05) is 5.32 Å². The molecule has 2 aromatic rings. The van der Waals surface area contributed by atoms with Crippen molar-refractivity contribution in [3.8, 4) is 0 Å². The van der Waals surface area contributed by atoms with E-state index in [9.17, 15) is 0 Å². The standard InChI is InChI=1S/C13H18N4S/c14-10-4-2-1-3-5-11(10)17-12-9-6-7-18-13(9)16-8-15-12/h6-8,10-11H,1-5,14H2,(H,15,16,17). The summed E-state index contributed by atoms with van der Waals surface area (Å²) in [6.07, 6.45) is 7.67. The minimum absolute atomic E-state index is 0.233. The van der Waals surface area contributed by atoms with Crippen molar-refractivity contribution in [2.45, 2.75) is 44.2 Å². The van der Waals surface area contributed by atoms with Gasteiger partial charge in [-0.05, 0) is 24.3 Å². The Morgan fingerprint density at radius 2 is 2.11 bits per heavy atom. The van der Waals surface area contributed by atoms with Crippen LogP contribution in [0.25, 0.3) is 10.2 Å². The van der Waals surface area contributed by atoms with E-state index >= 15 is 0 Å². The Morgan fingerprint density at radius 3 is 3.06 bits per heavy atom. The summed E-state index contributed by atoms with van der Waals surface area (Å²) in [6.45, 7) is 0. The summed E-state index contributed by atoms with van der Waals surface area (Å²) in [4.78, 5) is 9.67. The average molecular weight is 262 g/mol. The Hall–Kier alpha value is -1.20. The van der Waals surface area contributed by atoms with Crippen LogP contribution in [0.2, 0.25) is 0 Å². The zero-order valence-electron chi connectivity index (χ0n) is 10.3. The summed E-state index contributed by atoms with van der Waals surface area (Å²) in [7, 11) is 0. The Labute approximate surface area is 111 Å². The molecule has 3 N–H and O–H groups in total. The second-order valence-corrected chi connectivity index (χ2v) is 5.81. The zero-order chi connectivity index (χ0) is 12.4. The second kappa shape index (κ2) is 5.20. The van der Waals surface area contributed by atoms with Crippen molar-refractivity contribution in [3.05, 3.63) is 17.8 Å². The normalized spacial score (nSPS) is 24.9. The van der Waals surface area contributed by atoms with E-state index in [1.807, 2.05) is 0 Å². The van der Waals surface area contributed by atoms with Crippen molar-refractivity contribution in [2.24, 2.45) is 5.73 Å². The molecule has 1 aliphatic carbocycles. The van der Waals surface area contributed by atoms with Crippen LogP contribution >= 0.6 is 11.3 Å². The Bertz CT molecular complexity index is 524. The molecule has 1 aliphatic rings. The number of thiophene rings is 1. The molecule has 4 nitrogen and oxygen atoms in total. The lowest BCUT2D eigenvalue weighted by Crippen LogP contribution is -2.39. The highest BCUT2D eigenvalue weighted by Crippen LogP contribution is 2.26. The first-order valence-electron chi connectivity index (χ1n) is 6.55. The predicted octanol–water partition coefficient (Wildman–Crippen LogP) is 2.76. The van der Waals surface area contributed by atoms with Gasteiger partial charge in [-0.25, -0.2) is 9.97 Å². The minimum Gasteiger partial charge on any atom is -0.365 e. The van der Waals surface area contributed by atoms with Gasteiger partial charge in [0.15, 0.2) is 0 Å². The van der Waals surface area contributed by atoms with Gasteiger partial charge in [0.05, 0.1) is 5.39 Å². The lowest BCUT2D eigenvalue weighted by atomic mass is 10.0. The number of anilines is 1. The van der Waals surface area contributed by atoms with E-state index in [-0.39, 0.29) is 6.04 Å². The van der Waals surface area contributed by atoms with Crippen molar-refractivity contribution in [1.29, 1.82) is 0 Å². The van der Waals surface area contributed by atoms with Crippen LogP contribution in [0.5, 0.6) is 0 Å². The van der Waals surface area contributed by atoms with Crippen LogP contribution in [-0.4, -0.2) is 22.1 Å². The largest absolute Gasteiger partial charge is 0.365 e. The molecule has 18 heavy (non-hydrogen) atoms. The maximum absolute atomic E-state index is 6.24. The molecule has 1 saturated carbocycles. The predicted molar refractivity (Wildman–Crippen MR) is 75.9 cm³/mol. The summed E-state index contributed by atoms with van der Waals surface area (Å²) in [5.74, 6) is 0.934. The third-order valence-corrected chi connectivity index (χ3v) is 4.47. The highest BCUT2D eigenvalue weighted by Gasteiger charge is 2.21. The summed E-state index contributed by atoms with van der Waals surface area (Å²) in [5.41, 5.74) is 6.24. The maximum atomic E-state index is 6.24. The molecule has 0 radical (unpaired) electrons. The average Bonchev–Trinajstić information content (AvgIpc) is 2.77. The smallest absolute Gasteiger partial charge is 0.138 e. The molecule has 0 bridgehead atoms. The van der Waals surface area contributed by atoms with E-state index < -0.39 is 0 Å². The number of hydrogen-bond donors (Lipinski definition) is 2. The molecule has 96 valence electrons. The highest BCUT2D eigenvalue weighted by molar-refractivity contribution is 7.16. The van der Waals surface area contributed by atoms with Crippen molar-refractivity contribution < 1.29 is 0 Å². The fraction of sp³-hybridized carbons (Fsp3) is 0.538. The van der Waals surface area contributed by atoms with Gasteiger partial charge in [-0.2, -0.15) is 0 Å². The monoisotopic (exact) mass is 262 g/mol. The van der Waals surface area contributed by atoms with Gasteiger partial charge in [-0.1, -0.05) is 19.3 Å². The van der Waals surface area contributed by atoms with Crippen molar-refractivity contribution >= 4 is 27.4 Å². The van der Waals surface area contributed by atoms with Gasteiger partial charge in [0.2, 0.25) is 0 Å². The third-order valence-electron chi connectivity index (χ3n) is 3.65. The van der Waals surface area contributed by atoms with Crippen LogP contribution in [0.3, 0.4) is 0 Å². The van der Waals surface area contributed by atoms with E-state index in [1.165, 1.54) is 19.3 Å². The number of nitrogens with two attached hydrogens (primary N) is 1. The van der Waals surface area contributed by atoms with Crippen LogP contribution in [-0.2, 0) is 0 Å². The first kappa shape index (κ1) is 11.9. The zero-order valence-corrected chi connectivity index (χ0v) is 11.1. The first-order valence-corrected chi connectivity index (χ1v) is 7.43. The fourth-order valence-corrected chi connectivity index (χ4v) is 3.33. The lowest BCUT2D eigenvalue weighted by Gasteiger charge is -2.23. The third kappa shape index (κ3) is 2.33. The van der Waals surface area contributed by atoms with Gasteiger partial charge in [0.1, 0.15) is 17.0 Å². The first-order chi connectivity index (χ1) is 8.84. The van der Waals surface area contributed by atoms with Crippen LogP contribution in [0.15, 0.2) is 17.8 Å². The highest BCUT2D eigenvalue weighted by atomic mass is 32.1. The maximum Gasteiger partial charge on any atom is 0.138 e. The lowest BCUT2D eigenvalue weighted by molar-refractivity contribution is 0.527. The van der Waals surface area contributed by atoms with Gasteiger partial charge in [0.25, 0.3) is 0 Å². The topological polar surface area (TPSA) is 63.8 Å². The number of rotatable bonds is 2. The summed E-state index contributed by atoms with van der Waals surface area (Å²) >= 11 is 1.65. The molecular formula is C13H18N4S. The minimum atomic E-state index is 0.233. The summed E-state index contributed by atoms with van der Waals surface area (Å²) in [6, 6.07) is 2.64. The second-order valence-electron chi connectivity index (χ2n) is 4.91. The molecular weight excluding hydrogens is 244 g/mol. The van der Waals surface area contributed by atoms with E-state index in [4.69, 9.17) is 5.73 Å². The van der Waals surface area contributed by atoms with E-state index in [0.29, 0.717) is 6.04 Å². The molecule has 2 heterocycles. The van der Waals surface area contributed by atoms with Gasteiger partial charge >= 0.3 is 0 Å². The number of nitrogens with zero attached hydrogens (tertiary/aromatic N) is 2. The van der Waals surface area contributed by atoms with E-state index in [1.54, 1.807) is 17.7 Å². The molecule has 0 saturated heterocycles. The molecule has 0 amide bonds. The van der Waals surface area contributed by atoms with Crippen LogP contribution in [0.4, 0.5) is 5.82 Å². The number of fused-ring (bicyclic) bond motifs is 1. The Morgan fingerprint density at radius 1 is 1.22 bits per heavy atom. The molecule has 0 spiro atoms. The summed E-state index contributed by atoms with van der Waals surface area (Å²) < 4.78 is 0. The van der Waals surface area contributed by atoms with Gasteiger partial charge < -0.3 is 11.1 Å². The number of aromatic nitrogens is 2. The van der Waals surface area contributed by atoms with Gasteiger partial charge in [-0.15, -0.1) is 11.3 Å². The quantitative estimate of drug-likeness (QED) is 0.817. The van der Waals surface area contributed by atoms with Crippen LogP contribution in [0.1, 0.15) is 32.1 Å². The Balaban J connectivity index is 1.84. The Kier molecular flexibility index (Phi) is 3.43. The van der Waals surface area contributed by atoms with Crippen molar-refractivity contribution in [3.63, 3.8) is 0 Å².